The Morgan fingerprint density at radius 3 is 2.69 bits per heavy atom. The highest BCUT2D eigenvalue weighted by Crippen LogP contribution is 2.27. The lowest BCUT2D eigenvalue weighted by Gasteiger charge is -2.31. The van der Waals surface area contributed by atoms with Crippen molar-refractivity contribution < 1.29 is 0 Å². The monoisotopic (exact) mass is 215 g/mol. The average Bonchev–Trinajstić information content (AvgIpc) is 2.56. The number of benzene rings is 1. The van der Waals surface area contributed by atoms with E-state index in [2.05, 4.69) is 48.0 Å². The minimum absolute atomic E-state index is 0.480. The molecule has 1 N–H and O–H groups in total. The molecule has 0 bridgehead atoms. The summed E-state index contributed by atoms with van der Waals surface area (Å²) in [6.45, 7) is 6.56. The van der Waals surface area contributed by atoms with Gasteiger partial charge in [0.25, 0.3) is 0 Å². The number of hydrogen-bond donors (Lipinski definition) is 1. The summed E-state index contributed by atoms with van der Waals surface area (Å²) in [5.41, 5.74) is 2.40. The lowest BCUT2D eigenvalue weighted by molar-refractivity contribution is 0.339. The maximum Gasteiger partial charge on any atom is 0.112 e. The van der Waals surface area contributed by atoms with E-state index < -0.39 is 0 Å². The van der Waals surface area contributed by atoms with Gasteiger partial charge in [-0.2, -0.15) is 0 Å². The Morgan fingerprint density at radius 1 is 1.31 bits per heavy atom. The van der Waals surface area contributed by atoms with Crippen LogP contribution in [0.4, 0.5) is 0 Å². The summed E-state index contributed by atoms with van der Waals surface area (Å²) < 4.78 is 2.41. The molecule has 0 unspecified atom stereocenters. The average molecular weight is 215 g/mol. The second-order valence-electron chi connectivity index (χ2n) is 4.80. The van der Waals surface area contributed by atoms with E-state index in [0.717, 1.165) is 18.6 Å². The van der Waals surface area contributed by atoms with Crippen molar-refractivity contribution in [3.05, 3.63) is 30.1 Å². The van der Waals surface area contributed by atoms with E-state index in [1.54, 1.807) is 0 Å². The lowest BCUT2D eigenvalue weighted by Crippen LogP contribution is -2.44. The van der Waals surface area contributed by atoms with E-state index in [1.165, 1.54) is 11.3 Å². The third kappa shape index (κ3) is 1.35. The summed E-state index contributed by atoms with van der Waals surface area (Å²) in [6, 6.07) is 9.01. The van der Waals surface area contributed by atoms with Gasteiger partial charge in [-0.1, -0.05) is 26.0 Å². The topological polar surface area (TPSA) is 29.9 Å². The molecule has 0 amide bonds. The summed E-state index contributed by atoms with van der Waals surface area (Å²) in [6.07, 6.45) is 0. The Hall–Kier alpha value is -1.35. The molecular formula is C13H17N3. The molecule has 1 aromatic heterocycles. The van der Waals surface area contributed by atoms with Gasteiger partial charge in [0.2, 0.25) is 0 Å². The highest BCUT2D eigenvalue weighted by atomic mass is 15.2. The molecule has 3 nitrogen and oxygen atoms in total. The van der Waals surface area contributed by atoms with Gasteiger partial charge >= 0.3 is 0 Å². The van der Waals surface area contributed by atoms with Gasteiger partial charge in [0.05, 0.1) is 17.1 Å². The molecule has 2 heterocycles. The Bertz CT molecular complexity index is 509. The number of para-hydroxylation sites is 2. The maximum absolute atomic E-state index is 4.75. The number of rotatable bonds is 2. The number of nitrogens with zero attached hydrogens (tertiary/aromatic N) is 2. The summed E-state index contributed by atoms with van der Waals surface area (Å²) in [7, 11) is 0. The Morgan fingerprint density at radius 2 is 2.06 bits per heavy atom. The van der Waals surface area contributed by atoms with Gasteiger partial charge < -0.3 is 9.88 Å². The molecule has 1 aliphatic rings. The van der Waals surface area contributed by atoms with E-state index in [0.29, 0.717) is 12.0 Å². The zero-order valence-electron chi connectivity index (χ0n) is 9.77. The third-order valence-electron chi connectivity index (χ3n) is 3.26. The standard InChI is InChI=1S/C13H17N3/c1-9(2)13-15-11-5-3-4-6-12(11)16(13)10-7-14-8-10/h3-6,9-10,14H,7-8H2,1-2H3. The molecule has 0 aliphatic carbocycles. The molecular weight excluding hydrogens is 198 g/mol. The predicted octanol–water partition coefficient (Wildman–Crippen LogP) is 2.30. The van der Waals surface area contributed by atoms with Gasteiger partial charge in [-0.05, 0) is 12.1 Å². The van der Waals surface area contributed by atoms with Crippen molar-refractivity contribution in [2.75, 3.05) is 13.1 Å². The van der Waals surface area contributed by atoms with Crippen molar-refractivity contribution in [2.45, 2.75) is 25.8 Å². The SMILES string of the molecule is CC(C)c1nc2ccccc2n1C1CNC1. The number of aromatic nitrogens is 2. The first-order chi connectivity index (χ1) is 7.77. The second kappa shape index (κ2) is 3.59. The van der Waals surface area contributed by atoms with Gasteiger partial charge in [0.15, 0.2) is 0 Å². The van der Waals surface area contributed by atoms with Crippen molar-refractivity contribution in [1.29, 1.82) is 0 Å². The molecule has 0 atom stereocenters. The Kier molecular flexibility index (Phi) is 2.21. The quantitative estimate of drug-likeness (QED) is 0.833. The van der Waals surface area contributed by atoms with Crippen LogP contribution < -0.4 is 5.32 Å². The van der Waals surface area contributed by atoms with Crippen LogP contribution in [-0.4, -0.2) is 22.6 Å². The molecule has 84 valence electrons. The zero-order valence-corrected chi connectivity index (χ0v) is 9.77. The van der Waals surface area contributed by atoms with E-state index in [4.69, 9.17) is 4.98 Å². The summed E-state index contributed by atoms with van der Waals surface area (Å²) in [4.78, 5) is 4.75. The van der Waals surface area contributed by atoms with Crippen LogP contribution in [0, 0.1) is 0 Å². The normalized spacial score (nSPS) is 16.9. The largest absolute Gasteiger partial charge is 0.322 e. The number of fused-ring (bicyclic) bond motifs is 1. The molecule has 1 aromatic carbocycles. The lowest BCUT2D eigenvalue weighted by atomic mass is 10.1. The van der Waals surface area contributed by atoms with Crippen molar-refractivity contribution >= 4 is 11.0 Å². The van der Waals surface area contributed by atoms with Crippen LogP contribution in [-0.2, 0) is 0 Å². The van der Waals surface area contributed by atoms with Crippen LogP contribution in [0.25, 0.3) is 11.0 Å². The van der Waals surface area contributed by atoms with E-state index in [9.17, 15) is 0 Å². The fourth-order valence-corrected chi connectivity index (χ4v) is 2.31. The fraction of sp³-hybridized carbons (Fsp3) is 0.462. The number of hydrogen-bond acceptors (Lipinski definition) is 2. The van der Waals surface area contributed by atoms with E-state index in [1.807, 2.05) is 0 Å². The summed E-state index contributed by atoms with van der Waals surface area (Å²) in [5.74, 6) is 1.70. The number of nitrogens with one attached hydrogen (secondary N) is 1. The Balaban J connectivity index is 2.23. The van der Waals surface area contributed by atoms with Gasteiger partial charge in [-0.3, -0.25) is 0 Å². The highest BCUT2D eigenvalue weighted by molar-refractivity contribution is 5.76. The van der Waals surface area contributed by atoms with Crippen LogP contribution >= 0.6 is 0 Å². The third-order valence-corrected chi connectivity index (χ3v) is 3.26. The molecule has 2 aromatic rings. The molecule has 1 saturated heterocycles. The molecule has 3 heteroatoms. The van der Waals surface area contributed by atoms with Crippen LogP contribution in [0.2, 0.25) is 0 Å². The summed E-state index contributed by atoms with van der Waals surface area (Å²) >= 11 is 0. The minimum Gasteiger partial charge on any atom is -0.322 e. The van der Waals surface area contributed by atoms with Crippen LogP contribution in [0.5, 0.6) is 0 Å². The van der Waals surface area contributed by atoms with Crippen LogP contribution in [0.3, 0.4) is 0 Å². The molecule has 16 heavy (non-hydrogen) atoms. The van der Waals surface area contributed by atoms with Crippen LogP contribution in [0.15, 0.2) is 24.3 Å². The summed E-state index contributed by atoms with van der Waals surface area (Å²) in [5, 5.41) is 3.33. The molecule has 3 rings (SSSR count). The first kappa shape index (κ1) is 9.85. The van der Waals surface area contributed by atoms with Crippen molar-refractivity contribution in [3.63, 3.8) is 0 Å². The van der Waals surface area contributed by atoms with Crippen molar-refractivity contribution in [1.82, 2.24) is 14.9 Å². The molecule has 0 spiro atoms. The smallest absolute Gasteiger partial charge is 0.112 e. The first-order valence-corrected chi connectivity index (χ1v) is 5.95. The fourth-order valence-electron chi connectivity index (χ4n) is 2.31. The van der Waals surface area contributed by atoms with Gasteiger partial charge in [-0.25, -0.2) is 4.98 Å². The first-order valence-electron chi connectivity index (χ1n) is 5.95. The highest BCUT2D eigenvalue weighted by Gasteiger charge is 2.24. The maximum atomic E-state index is 4.75. The van der Waals surface area contributed by atoms with Gasteiger partial charge in [-0.15, -0.1) is 0 Å². The van der Waals surface area contributed by atoms with Gasteiger partial charge in [0, 0.05) is 19.0 Å². The van der Waals surface area contributed by atoms with Crippen molar-refractivity contribution in [3.8, 4) is 0 Å². The minimum atomic E-state index is 0.480. The number of imidazole rings is 1. The van der Waals surface area contributed by atoms with Crippen molar-refractivity contribution in [2.24, 2.45) is 0 Å². The van der Waals surface area contributed by atoms with E-state index >= 15 is 0 Å². The Labute approximate surface area is 95.5 Å². The molecule has 1 aliphatic heterocycles. The molecule has 0 saturated carbocycles. The zero-order chi connectivity index (χ0) is 11.1. The molecule has 0 radical (unpaired) electrons. The van der Waals surface area contributed by atoms with Gasteiger partial charge in [0.1, 0.15) is 5.82 Å². The second-order valence-corrected chi connectivity index (χ2v) is 4.80. The predicted molar refractivity (Wildman–Crippen MR) is 65.7 cm³/mol. The van der Waals surface area contributed by atoms with Crippen LogP contribution in [0.1, 0.15) is 31.6 Å². The molecule has 1 fully saturated rings. The van der Waals surface area contributed by atoms with E-state index in [-0.39, 0.29) is 0 Å².